The maximum absolute atomic E-state index is 7.27. The average Bonchev–Trinajstić information content (AvgIpc) is 2.65. The zero-order valence-electron chi connectivity index (χ0n) is 9.51. The normalized spacial score (nSPS) is 8.94. The summed E-state index contributed by atoms with van der Waals surface area (Å²) in [5.41, 5.74) is 8.69. The first-order valence-electron chi connectivity index (χ1n) is 4.76. The second kappa shape index (κ2) is 7.74. The number of nitrogens with zero attached hydrogens (tertiary/aromatic N) is 4. The number of aromatic nitrogens is 4. The number of hydrogen-bond donors (Lipinski definition) is 0. The van der Waals surface area contributed by atoms with Crippen molar-refractivity contribution in [1.82, 2.24) is 19.4 Å². The second-order valence-corrected chi connectivity index (χ2v) is 2.65. The van der Waals surface area contributed by atoms with E-state index in [0.717, 1.165) is 11.8 Å². The third kappa shape index (κ3) is 3.52. The largest absolute Gasteiger partial charge is 0.410 e. The third-order valence-corrected chi connectivity index (χ3v) is 1.70. The Morgan fingerprint density at radius 3 is 2.75 bits per heavy atom. The molecule has 0 aliphatic carbocycles. The number of rotatable bonds is 2. The van der Waals surface area contributed by atoms with Crippen LogP contribution in [0.2, 0.25) is 6.32 Å². The van der Waals surface area contributed by atoms with E-state index in [1.165, 1.54) is 0 Å². The fourth-order valence-corrected chi connectivity index (χ4v) is 1.16. The molecule has 7 heteroatoms. The summed E-state index contributed by atoms with van der Waals surface area (Å²) < 4.78 is 1.81. The van der Waals surface area contributed by atoms with Gasteiger partial charge in [-0.2, -0.15) is 6.92 Å². The molecule has 0 unspecified atom stereocenters. The van der Waals surface area contributed by atoms with Gasteiger partial charge in [0.15, 0.2) is 0 Å². The molecule has 0 atom stereocenters. The molecule has 1 N–H and O–H groups in total. The van der Waals surface area contributed by atoms with Gasteiger partial charge in [-0.3, -0.25) is 0 Å². The second-order valence-electron chi connectivity index (χ2n) is 2.65. The predicted octanol–water partition coefficient (Wildman–Crippen LogP) is 2.25. The van der Waals surface area contributed by atoms with Crippen LogP contribution in [0.15, 0.2) is 12.5 Å². The van der Waals surface area contributed by atoms with E-state index in [-0.39, 0.29) is 38.7 Å². The van der Waals surface area contributed by atoms with E-state index in [1.807, 2.05) is 18.8 Å². The van der Waals surface area contributed by atoms with Crippen LogP contribution in [-0.2, 0) is 32.7 Å². The van der Waals surface area contributed by atoms with Crippen LogP contribution >= 0.6 is 0 Å². The third-order valence-electron chi connectivity index (χ3n) is 1.70. The van der Waals surface area contributed by atoms with Crippen LogP contribution in [0.4, 0.5) is 5.95 Å². The Morgan fingerprint density at radius 2 is 2.12 bits per heavy atom. The average molecular weight is 291 g/mol. The number of imidazole rings is 1. The van der Waals surface area contributed by atoms with Crippen molar-refractivity contribution in [2.24, 2.45) is 0 Å². The molecule has 2 radical (unpaired) electrons. The van der Waals surface area contributed by atoms with Crippen molar-refractivity contribution in [3.63, 3.8) is 0 Å². The molecule has 0 aliphatic rings. The van der Waals surface area contributed by atoms with Crippen molar-refractivity contribution in [3.8, 4) is 0 Å². The van der Waals surface area contributed by atoms with Gasteiger partial charge in [0.1, 0.15) is 0 Å². The van der Waals surface area contributed by atoms with Gasteiger partial charge in [0, 0.05) is 38.7 Å². The van der Waals surface area contributed by atoms with Gasteiger partial charge < -0.3 is 27.1 Å². The van der Waals surface area contributed by atoms with Gasteiger partial charge in [0.25, 0.3) is 7.41 Å². The monoisotopic (exact) mass is 291 g/mol. The maximum atomic E-state index is 7.27. The molecule has 0 saturated carbocycles. The zero-order valence-corrected chi connectivity index (χ0v) is 12.4. The molecule has 0 amide bonds. The van der Waals surface area contributed by atoms with Gasteiger partial charge in [-0.25, -0.2) is 4.98 Å². The van der Waals surface area contributed by atoms with E-state index in [2.05, 4.69) is 21.9 Å². The number of hydrogen-bond acceptors (Lipinski definition) is 3. The van der Waals surface area contributed by atoms with E-state index in [4.69, 9.17) is 5.73 Å². The zero-order chi connectivity index (χ0) is 11.3. The SMILES string of the molecule is CC[B]n1cnc2cnc([NH-])nc21.[CH2-]C.[Y]. The summed E-state index contributed by atoms with van der Waals surface area (Å²) >= 11 is 0. The molecule has 16 heavy (non-hydrogen) atoms. The molecule has 2 aromatic heterocycles. The van der Waals surface area contributed by atoms with E-state index < -0.39 is 0 Å². The summed E-state index contributed by atoms with van der Waals surface area (Å²) in [5.74, 6) is 0.0266. The van der Waals surface area contributed by atoms with Crippen molar-refractivity contribution in [2.75, 3.05) is 0 Å². The molecule has 2 rings (SSSR count). The Hall–Kier alpha value is -0.481. The molecule has 0 aromatic carbocycles. The Balaban J connectivity index is 0.000000711. The van der Waals surface area contributed by atoms with Crippen LogP contribution in [0.3, 0.4) is 0 Å². The fraction of sp³-hybridized carbons (Fsp3) is 0.333. The summed E-state index contributed by atoms with van der Waals surface area (Å²) in [4.78, 5) is 11.8. The molecule has 0 saturated heterocycles. The summed E-state index contributed by atoms with van der Waals surface area (Å²) in [6, 6.07) is 0. The van der Waals surface area contributed by atoms with Crippen molar-refractivity contribution >= 4 is 24.5 Å². The minimum atomic E-state index is 0. The Labute approximate surface area is 121 Å². The summed E-state index contributed by atoms with van der Waals surface area (Å²) in [6.07, 6.45) is 4.15. The maximum Gasteiger partial charge on any atom is 0.254 e. The Kier molecular flexibility index (Phi) is 7.50. The van der Waals surface area contributed by atoms with E-state index >= 15 is 0 Å². The Morgan fingerprint density at radius 1 is 1.44 bits per heavy atom. The first kappa shape index (κ1) is 15.5. The van der Waals surface area contributed by atoms with Gasteiger partial charge in [-0.15, -0.1) is 0 Å². The van der Waals surface area contributed by atoms with Crippen LogP contribution in [-0.4, -0.2) is 26.8 Å². The van der Waals surface area contributed by atoms with Crippen LogP contribution < -0.4 is 0 Å². The quantitative estimate of drug-likeness (QED) is 0.629. The first-order chi connectivity index (χ1) is 7.31. The molecule has 2 aromatic rings. The first-order valence-corrected chi connectivity index (χ1v) is 4.76. The van der Waals surface area contributed by atoms with Crippen molar-refractivity contribution < 1.29 is 32.7 Å². The molecule has 5 nitrogen and oxygen atoms in total. The van der Waals surface area contributed by atoms with Gasteiger partial charge in [0.05, 0.1) is 17.5 Å². The van der Waals surface area contributed by atoms with E-state index in [0.29, 0.717) is 5.65 Å². The van der Waals surface area contributed by atoms with Crippen molar-refractivity contribution in [3.05, 3.63) is 25.2 Å². The fourth-order valence-electron chi connectivity index (χ4n) is 1.16. The van der Waals surface area contributed by atoms with Gasteiger partial charge in [-0.05, 0) is 6.20 Å². The van der Waals surface area contributed by atoms with Crippen molar-refractivity contribution in [1.29, 1.82) is 0 Å². The molecule has 0 fully saturated rings. The Bertz CT molecular complexity index is 431. The topological polar surface area (TPSA) is 67.4 Å². The van der Waals surface area contributed by atoms with Crippen molar-refractivity contribution in [2.45, 2.75) is 20.2 Å². The molecule has 82 valence electrons. The molecule has 0 spiro atoms. The smallest absolute Gasteiger partial charge is 0.254 e. The molecule has 0 aliphatic heterocycles. The van der Waals surface area contributed by atoms with Gasteiger partial charge in [0.2, 0.25) is 0 Å². The van der Waals surface area contributed by atoms with Gasteiger partial charge >= 0.3 is 0 Å². The summed E-state index contributed by atoms with van der Waals surface area (Å²) in [5, 5.41) is 0. The predicted molar refractivity (Wildman–Crippen MR) is 62.0 cm³/mol. The standard InChI is InChI=1S/C7H8BN5.C2H5.Y/c1-2-8-13-4-11-5-3-10-7(9)12-6(5)13;1-2;/h3-4H,2H2,1H3,(H-,9,10,12);1H2,2H3;/q2*-1;. The summed E-state index contributed by atoms with van der Waals surface area (Å²) in [7, 11) is 1.96. The molecular formula is C9H13BN5Y-2. The van der Waals surface area contributed by atoms with Crippen LogP contribution in [0.5, 0.6) is 0 Å². The summed E-state index contributed by atoms with van der Waals surface area (Å²) in [6.45, 7) is 7.04. The van der Waals surface area contributed by atoms with E-state index in [1.54, 1.807) is 19.4 Å². The number of nitrogens with one attached hydrogen (secondary N) is 1. The van der Waals surface area contributed by atoms with E-state index in [9.17, 15) is 0 Å². The minimum Gasteiger partial charge on any atom is -0.410 e. The molecule has 2 heterocycles. The van der Waals surface area contributed by atoms with Crippen LogP contribution in [0.1, 0.15) is 13.8 Å². The minimum absolute atomic E-state index is 0. The van der Waals surface area contributed by atoms with Crippen LogP contribution in [0, 0.1) is 6.92 Å². The molecular weight excluding hydrogens is 278 g/mol. The van der Waals surface area contributed by atoms with Gasteiger partial charge in [-0.1, -0.05) is 13.2 Å². The van der Waals surface area contributed by atoms with Crippen LogP contribution in [0.25, 0.3) is 16.9 Å². The number of fused-ring (bicyclic) bond motifs is 1. The molecule has 0 bridgehead atoms.